The molecule has 8 nitrogen and oxygen atoms in total. The molecule has 1 N–H and O–H groups in total. The fourth-order valence-electron chi connectivity index (χ4n) is 4.73. The van der Waals surface area contributed by atoms with Crippen LogP contribution in [0.25, 0.3) is 11.1 Å². The van der Waals surface area contributed by atoms with Gasteiger partial charge in [0.15, 0.2) is 11.5 Å². The van der Waals surface area contributed by atoms with E-state index >= 15 is 0 Å². The first-order valence-corrected chi connectivity index (χ1v) is 11.9. The molecule has 2 fully saturated rings. The fraction of sp³-hybridized carbons (Fsp3) is 0.440. The van der Waals surface area contributed by atoms with Gasteiger partial charge in [-0.05, 0) is 43.9 Å². The van der Waals surface area contributed by atoms with Crippen LogP contribution in [-0.2, 0) is 15.7 Å². The van der Waals surface area contributed by atoms with Gasteiger partial charge in [0.1, 0.15) is 23.2 Å². The lowest BCUT2D eigenvalue weighted by molar-refractivity contribution is -0.141. The Balaban J connectivity index is 1.47. The molecule has 0 unspecified atom stereocenters. The molecule has 1 saturated heterocycles. The largest absolute Gasteiger partial charge is 0.440 e. The van der Waals surface area contributed by atoms with E-state index in [0.29, 0.717) is 54.7 Å². The summed E-state index contributed by atoms with van der Waals surface area (Å²) in [5.41, 5.74) is 0.675. The van der Waals surface area contributed by atoms with Crippen LogP contribution in [0.1, 0.15) is 53.7 Å². The second kappa shape index (κ2) is 9.88. The maximum Gasteiger partial charge on any atom is 0.433 e. The van der Waals surface area contributed by atoms with E-state index in [1.807, 2.05) is 11.0 Å². The van der Waals surface area contributed by atoms with Crippen LogP contribution in [0, 0.1) is 5.92 Å². The van der Waals surface area contributed by atoms with Crippen LogP contribution in [-0.4, -0.2) is 48.5 Å². The minimum atomic E-state index is -4.66. The first-order valence-electron chi connectivity index (χ1n) is 11.9. The number of morpholine rings is 1. The first-order chi connectivity index (χ1) is 17.3. The van der Waals surface area contributed by atoms with Crippen molar-refractivity contribution in [2.24, 2.45) is 5.92 Å². The Bertz CT molecular complexity index is 1260. The van der Waals surface area contributed by atoms with Gasteiger partial charge < -0.3 is 24.2 Å². The summed E-state index contributed by atoms with van der Waals surface area (Å²) in [5.74, 6) is 0.00444. The lowest BCUT2D eigenvalue weighted by Gasteiger charge is -2.30. The second-order valence-corrected chi connectivity index (χ2v) is 9.10. The summed E-state index contributed by atoms with van der Waals surface area (Å²) in [6.45, 7) is 2.17. The van der Waals surface area contributed by atoms with Crippen LogP contribution in [0.3, 0.4) is 0 Å². The fourth-order valence-corrected chi connectivity index (χ4v) is 4.73. The number of nitrogens with one attached hydrogen (secondary N) is 1. The lowest BCUT2D eigenvalue weighted by Crippen LogP contribution is -2.36. The summed E-state index contributed by atoms with van der Waals surface area (Å²) in [6, 6.07) is 6.68. The van der Waals surface area contributed by atoms with Crippen molar-refractivity contribution in [3.05, 3.63) is 47.6 Å². The molecule has 1 saturated carbocycles. The molecule has 2 aliphatic rings. The van der Waals surface area contributed by atoms with E-state index in [-0.39, 0.29) is 17.5 Å². The van der Waals surface area contributed by atoms with Gasteiger partial charge in [-0.15, -0.1) is 0 Å². The normalized spacial score (nSPS) is 20.9. The number of alkyl halides is 3. The highest BCUT2D eigenvalue weighted by molar-refractivity contribution is 6.06. The smallest absolute Gasteiger partial charge is 0.433 e. The summed E-state index contributed by atoms with van der Waals surface area (Å²) < 4.78 is 50.8. The zero-order valence-electron chi connectivity index (χ0n) is 19.4. The van der Waals surface area contributed by atoms with Gasteiger partial charge in [0.05, 0.1) is 24.6 Å². The number of aromatic nitrogens is 2. The molecule has 0 radical (unpaired) electrons. The van der Waals surface area contributed by atoms with E-state index < -0.39 is 17.8 Å². The van der Waals surface area contributed by atoms with Crippen molar-refractivity contribution in [1.29, 1.82) is 0 Å². The van der Waals surface area contributed by atoms with Gasteiger partial charge >= 0.3 is 6.18 Å². The summed E-state index contributed by atoms with van der Waals surface area (Å²) in [7, 11) is 0. The number of amides is 1. The third-order valence-electron chi connectivity index (χ3n) is 6.71. The first kappa shape index (κ1) is 24.2. The number of rotatable bonds is 5. The third-order valence-corrected chi connectivity index (χ3v) is 6.71. The Kier molecular flexibility index (Phi) is 6.65. The number of carbonyl (C=O) groups is 2. The minimum Gasteiger partial charge on any atom is -0.440 e. The number of carbonyl (C=O) groups excluding carboxylic acids is 2. The average Bonchev–Trinajstić information content (AvgIpc) is 3.31. The van der Waals surface area contributed by atoms with Gasteiger partial charge in [0.25, 0.3) is 5.91 Å². The molecule has 0 spiro atoms. The molecule has 0 bridgehead atoms. The Hall–Kier alpha value is -3.47. The van der Waals surface area contributed by atoms with Crippen LogP contribution < -0.4 is 10.2 Å². The minimum absolute atomic E-state index is 0.0739. The standard InChI is InChI=1S/C25H25F3N4O4/c26-25(27,28)22-3-1-2-17(29-22)23(34)30-18-13-21-19(12-20(18)32-8-10-35-11-9-32)31-24(36-21)16-6-4-15(14-33)5-7-16/h1-3,12-16H,4-11H2,(H,30,34). The summed E-state index contributed by atoms with van der Waals surface area (Å²) in [6.07, 6.45) is -0.469. The number of anilines is 2. The van der Waals surface area contributed by atoms with Crippen molar-refractivity contribution >= 4 is 34.7 Å². The van der Waals surface area contributed by atoms with Crippen LogP contribution in [0.4, 0.5) is 24.5 Å². The van der Waals surface area contributed by atoms with E-state index in [2.05, 4.69) is 10.3 Å². The predicted molar refractivity (Wildman–Crippen MR) is 125 cm³/mol. The molecule has 190 valence electrons. The molecule has 1 amide bonds. The summed E-state index contributed by atoms with van der Waals surface area (Å²) in [5, 5.41) is 2.72. The number of nitrogens with zero attached hydrogens (tertiary/aromatic N) is 3. The Morgan fingerprint density at radius 2 is 1.83 bits per heavy atom. The maximum absolute atomic E-state index is 13.1. The maximum atomic E-state index is 13.1. The topological polar surface area (TPSA) is 97.6 Å². The van der Waals surface area contributed by atoms with Crippen molar-refractivity contribution in [2.75, 3.05) is 36.5 Å². The van der Waals surface area contributed by atoms with Gasteiger partial charge in [0.2, 0.25) is 0 Å². The SMILES string of the molecule is O=CC1CCC(c2nc3cc(N4CCOCC4)c(NC(=O)c4cccc(C(F)(F)F)n4)cc3o2)CC1. The van der Waals surface area contributed by atoms with Gasteiger partial charge in [-0.1, -0.05) is 6.07 Å². The lowest BCUT2D eigenvalue weighted by atomic mass is 9.83. The van der Waals surface area contributed by atoms with Crippen LogP contribution >= 0.6 is 0 Å². The number of aldehydes is 1. The number of oxazole rings is 1. The van der Waals surface area contributed by atoms with E-state index in [9.17, 15) is 22.8 Å². The van der Waals surface area contributed by atoms with Gasteiger partial charge in [0, 0.05) is 31.0 Å². The van der Waals surface area contributed by atoms with Crippen molar-refractivity contribution in [3.8, 4) is 0 Å². The third kappa shape index (κ3) is 5.06. The van der Waals surface area contributed by atoms with E-state index in [4.69, 9.17) is 14.1 Å². The highest BCUT2D eigenvalue weighted by Crippen LogP contribution is 2.38. The number of hydrogen-bond acceptors (Lipinski definition) is 7. The number of ether oxygens (including phenoxy) is 1. The Morgan fingerprint density at radius 3 is 2.53 bits per heavy atom. The quantitative estimate of drug-likeness (QED) is 0.501. The van der Waals surface area contributed by atoms with Crippen molar-refractivity contribution in [1.82, 2.24) is 9.97 Å². The van der Waals surface area contributed by atoms with E-state index in [0.717, 1.165) is 44.1 Å². The van der Waals surface area contributed by atoms with Crippen molar-refractivity contribution in [3.63, 3.8) is 0 Å². The zero-order valence-corrected chi connectivity index (χ0v) is 19.4. The molecule has 0 atom stereocenters. The number of pyridine rings is 1. The predicted octanol–water partition coefficient (Wildman–Crippen LogP) is 4.80. The van der Waals surface area contributed by atoms with Crippen molar-refractivity contribution < 1.29 is 31.9 Å². The average molecular weight is 502 g/mol. The molecule has 1 aliphatic heterocycles. The molecular weight excluding hydrogens is 477 g/mol. The van der Waals surface area contributed by atoms with Crippen LogP contribution in [0.2, 0.25) is 0 Å². The van der Waals surface area contributed by atoms with Gasteiger partial charge in [-0.3, -0.25) is 4.79 Å². The number of fused-ring (bicyclic) bond motifs is 1. The molecular formula is C25H25F3N4O4. The monoisotopic (exact) mass is 502 g/mol. The molecule has 1 aliphatic carbocycles. The van der Waals surface area contributed by atoms with E-state index in [1.165, 1.54) is 6.07 Å². The molecule has 3 heterocycles. The highest BCUT2D eigenvalue weighted by Gasteiger charge is 2.33. The van der Waals surface area contributed by atoms with Crippen LogP contribution in [0.5, 0.6) is 0 Å². The summed E-state index contributed by atoms with van der Waals surface area (Å²) >= 11 is 0. The number of halogens is 3. The van der Waals surface area contributed by atoms with Crippen LogP contribution in [0.15, 0.2) is 34.7 Å². The molecule has 5 rings (SSSR count). The van der Waals surface area contributed by atoms with Gasteiger partial charge in [-0.25, -0.2) is 9.97 Å². The van der Waals surface area contributed by atoms with Gasteiger partial charge in [-0.2, -0.15) is 13.2 Å². The molecule has 2 aromatic heterocycles. The second-order valence-electron chi connectivity index (χ2n) is 9.10. The zero-order chi connectivity index (χ0) is 25.3. The van der Waals surface area contributed by atoms with E-state index in [1.54, 1.807) is 6.07 Å². The van der Waals surface area contributed by atoms with Crippen molar-refractivity contribution in [2.45, 2.75) is 37.8 Å². The number of hydrogen-bond donors (Lipinski definition) is 1. The highest BCUT2D eigenvalue weighted by atomic mass is 19.4. The molecule has 3 aromatic rings. The Labute approximate surface area is 204 Å². The molecule has 36 heavy (non-hydrogen) atoms. The number of benzene rings is 1. The Morgan fingerprint density at radius 1 is 1.08 bits per heavy atom. The molecule has 1 aromatic carbocycles. The molecule has 11 heteroatoms. The summed E-state index contributed by atoms with van der Waals surface area (Å²) in [4.78, 5) is 34.2.